The van der Waals surface area contributed by atoms with E-state index in [-0.39, 0.29) is 18.9 Å². The molecule has 8 heteroatoms. The Labute approximate surface area is 121 Å². The highest BCUT2D eigenvalue weighted by Crippen LogP contribution is 2.38. The summed E-state index contributed by atoms with van der Waals surface area (Å²) in [6, 6.07) is 0. The number of nitrogens with zero attached hydrogens (tertiary/aromatic N) is 2. The zero-order valence-corrected chi connectivity index (χ0v) is 11.9. The van der Waals surface area contributed by atoms with Crippen LogP contribution in [-0.2, 0) is 20.7 Å². The first-order valence-corrected chi connectivity index (χ1v) is 6.95. The molecule has 116 valence electrons. The van der Waals surface area contributed by atoms with Gasteiger partial charge in [0.1, 0.15) is 0 Å². The van der Waals surface area contributed by atoms with Crippen LogP contribution in [0.2, 0.25) is 0 Å². The summed E-state index contributed by atoms with van der Waals surface area (Å²) in [5, 5.41) is 15.2. The number of carbonyl (C=O) groups is 2. The standard InChI is InChI=1S/C13H19N3O5/c1-20-9(13(18)19)7-14-10(17)3-2-4-11-15-12(16-21-11)8-5-6-8/h8-9H,2-7H2,1H3,(H,14,17)(H,18,19). The van der Waals surface area contributed by atoms with E-state index >= 15 is 0 Å². The SMILES string of the molecule is COC(CNC(=O)CCCc1nc(C2CC2)no1)C(=O)O. The van der Waals surface area contributed by atoms with Gasteiger partial charge in [0.25, 0.3) is 0 Å². The van der Waals surface area contributed by atoms with Crippen LogP contribution in [0.15, 0.2) is 4.52 Å². The second-order valence-corrected chi connectivity index (χ2v) is 5.04. The Kier molecular flexibility index (Phi) is 5.26. The summed E-state index contributed by atoms with van der Waals surface area (Å²) >= 11 is 0. The van der Waals surface area contributed by atoms with E-state index in [1.807, 2.05) is 0 Å². The van der Waals surface area contributed by atoms with Gasteiger partial charge in [-0.2, -0.15) is 4.98 Å². The summed E-state index contributed by atoms with van der Waals surface area (Å²) in [6.07, 6.45) is 2.60. The quantitative estimate of drug-likeness (QED) is 0.681. The number of carboxylic acids is 1. The number of methoxy groups -OCH3 is 1. The van der Waals surface area contributed by atoms with Crippen molar-refractivity contribution in [3.05, 3.63) is 11.7 Å². The minimum atomic E-state index is -1.10. The average molecular weight is 297 g/mol. The molecule has 1 aromatic rings. The smallest absolute Gasteiger partial charge is 0.334 e. The number of aromatic nitrogens is 2. The molecule has 21 heavy (non-hydrogen) atoms. The first-order chi connectivity index (χ1) is 10.1. The molecule has 0 bridgehead atoms. The maximum absolute atomic E-state index is 11.6. The number of carbonyl (C=O) groups excluding carboxylic acids is 1. The van der Waals surface area contributed by atoms with Gasteiger partial charge in [-0.25, -0.2) is 4.79 Å². The number of aryl methyl sites for hydroxylation is 1. The predicted molar refractivity (Wildman–Crippen MR) is 70.7 cm³/mol. The molecule has 8 nitrogen and oxygen atoms in total. The summed E-state index contributed by atoms with van der Waals surface area (Å²) in [5.74, 6) is 0.438. The van der Waals surface area contributed by atoms with Gasteiger partial charge in [0.2, 0.25) is 11.8 Å². The topological polar surface area (TPSA) is 115 Å². The van der Waals surface area contributed by atoms with Crippen molar-refractivity contribution in [2.45, 2.75) is 44.1 Å². The molecule has 1 saturated carbocycles. The van der Waals surface area contributed by atoms with Crippen LogP contribution in [0.25, 0.3) is 0 Å². The Morgan fingerprint density at radius 2 is 2.29 bits per heavy atom. The summed E-state index contributed by atoms with van der Waals surface area (Å²) in [4.78, 5) is 26.5. The van der Waals surface area contributed by atoms with Crippen LogP contribution < -0.4 is 5.32 Å². The normalized spacial score (nSPS) is 15.7. The Bertz CT molecular complexity index is 498. The monoisotopic (exact) mass is 297 g/mol. The molecule has 1 aromatic heterocycles. The number of carboxylic acid groups (broad SMARTS) is 1. The second-order valence-electron chi connectivity index (χ2n) is 5.04. The number of ether oxygens (including phenoxy) is 1. The van der Waals surface area contributed by atoms with Crippen molar-refractivity contribution in [3.63, 3.8) is 0 Å². The highest BCUT2D eigenvalue weighted by Gasteiger charge is 2.28. The lowest BCUT2D eigenvalue weighted by molar-refractivity contribution is -0.148. The van der Waals surface area contributed by atoms with E-state index in [4.69, 9.17) is 14.4 Å². The number of aliphatic carboxylic acids is 1. The minimum Gasteiger partial charge on any atom is -0.479 e. The van der Waals surface area contributed by atoms with Gasteiger partial charge in [0, 0.05) is 25.9 Å². The van der Waals surface area contributed by atoms with E-state index in [2.05, 4.69) is 15.5 Å². The van der Waals surface area contributed by atoms with Crippen LogP contribution in [0.4, 0.5) is 0 Å². The van der Waals surface area contributed by atoms with E-state index in [1.165, 1.54) is 7.11 Å². The number of rotatable bonds is 9. The van der Waals surface area contributed by atoms with Crippen molar-refractivity contribution in [1.29, 1.82) is 0 Å². The van der Waals surface area contributed by atoms with Crippen molar-refractivity contribution in [3.8, 4) is 0 Å². The predicted octanol–water partition coefficient (Wildman–Crippen LogP) is 0.485. The van der Waals surface area contributed by atoms with Gasteiger partial charge in [0.05, 0.1) is 6.54 Å². The summed E-state index contributed by atoms with van der Waals surface area (Å²) in [6.45, 7) is -0.0446. The molecule has 2 N–H and O–H groups in total. The number of amides is 1. The lowest BCUT2D eigenvalue weighted by Gasteiger charge is -2.11. The number of nitrogens with one attached hydrogen (secondary N) is 1. The molecule has 0 spiro atoms. The highest BCUT2D eigenvalue weighted by molar-refractivity contribution is 5.78. The third-order valence-corrected chi connectivity index (χ3v) is 3.27. The Balaban J connectivity index is 1.63. The molecular weight excluding hydrogens is 278 g/mol. The summed E-state index contributed by atoms with van der Waals surface area (Å²) in [5.41, 5.74) is 0. The molecule has 1 fully saturated rings. The third kappa shape index (κ3) is 4.82. The van der Waals surface area contributed by atoms with E-state index in [0.717, 1.165) is 18.7 Å². The lowest BCUT2D eigenvalue weighted by Crippen LogP contribution is -2.37. The van der Waals surface area contributed by atoms with Crippen LogP contribution in [-0.4, -0.2) is 46.9 Å². The molecule has 0 aromatic carbocycles. The average Bonchev–Trinajstić information content (AvgIpc) is 3.19. The molecule has 0 radical (unpaired) electrons. The van der Waals surface area contributed by atoms with Gasteiger partial charge >= 0.3 is 5.97 Å². The summed E-state index contributed by atoms with van der Waals surface area (Å²) < 4.78 is 9.82. The molecule has 0 aliphatic heterocycles. The van der Waals surface area contributed by atoms with Crippen LogP contribution in [0.1, 0.15) is 43.3 Å². The molecule has 1 amide bonds. The van der Waals surface area contributed by atoms with Crippen molar-refractivity contribution < 1.29 is 24.0 Å². The molecule has 0 saturated heterocycles. The molecule has 1 aliphatic rings. The van der Waals surface area contributed by atoms with Gasteiger partial charge < -0.3 is 19.7 Å². The van der Waals surface area contributed by atoms with Crippen LogP contribution in [0.5, 0.6) is 0 Å². The van der Waals surface area contributed by atoms with Crippen molar-refractivity contribution >= 4 is 11.9 Å². The molecule has 1 heterocycles. The van der Waals surface area contributed by atoms with E-state index in [0.29, 0.717) is 24.7 Å². The first kappa shape index (κ1) is 15.4. The van der Waals surface area contributed by atoms with Crippen molar-refractivity contribution in [1.82, 2.24) is 15.5 Å². The van der Waals surface area contributed by atoms with Crippen molar-refractivity contribution in [2.24, 2.45) is 0 Å². The highest BCUT2D eigenvalue weighted by atomic mass is 16.5. The Hall–Kier alpha value is -1.96. The molecule has 2 rings (SSSR count). The van der Waals surface area contributed by atoms with Crippen LogP contribution >= 0.6 is 0 Å². The van der Waals surface area contributed by atoms with E-state index in [1.54, 1.807) is 0 Å². The van der Waals surface area contributed by atoms with Gasteiger partial charge in [0.15, 0.2) is 11.9 Å². The summed E-state index contributed by atoms with van der Waals surface area (Å²) in [7, 11) is 1.29. The Morgan fingerprint density at radius 1 is 1.52 bits per heavy atom. The lowest BCUT2D eigenvalue weighted by atomic mass is 10.2. The minimum absolute atomic E-state index is 0.0446. The van der Waals surface area contributed by atoms with Crippen LogP contribution in [0, 0.1) is 0 Å². The van der Waals surface area contributed by atoms with Gasteiger partial charge in [-0.15, -0.1) is 0 Å². The number of hydrogen-bond donors (Lipinski definition) is 2. The van der Waals surface area contributed by atoms with Gasteiger partial charge in [-0.05, 0) is 19.3 Å². The van der Waals surface area contributed by atoms with Crippen LogP contribution in [0.3, 0.4) is 0 Å². The maximum Gasteiger partial charge on any atom is 0.334 e. The first-order valence-electron chi connectivity index (χ1n) is 6.95. The third-order valence-electron chi connectivity index (χ3n) is 3.27. The van der Waals surface area contributed by atoms with Gasteiger partial charge in [-0.1, -0.05) is 5.16 Å². The molecule has 1 aliphatic carbocycles. The maximum atomic E-state index is 11.6. The largest absolute Gasteiger partial charge is 0.479 e. The van der Waals surface area contributed by atoms with E-state index < -0.39 is 12.1 Å². The zero-order chi connectivity index (χ0) is 15.2. The second kappa shape index (κ2) is 7.16. The van der Waals surface area contributed by atoms with E-state index in [9.17, 15) is 9.59 Å². The zero-order valence-electron chi connectivity index (χ0n) is 11.9. The number of hydrogen-bond acceptors (Lipinski definition) is 6. The van der Waals surface area contributed by atoms with Crippen molar-refractivity contribution in [2.75, 3.05) is 13.7 Å². The Morgan fingerprint density at radius 3 is 2.90 bits per heavy atom. The fraction of sp³-hybridized carbons (Fsp3) is 0.692. The molecule has 1 unspecified atom stereocenters. The molecular formula is C13H19N3O5. The fourth-order valence-electron chi connectivity index (χ4n) is 1.84. The fourth-order valence-corrected chi connectivity index (χ4v) is 1.84. The molecule has 1 atom stereocenters. The van der Waals surface area contributed by atoms with Gasteiger partial charge in [-0.3, -0.25) is 4.79 Å².